The number of aryl methyl sites for hydroxylation is 1. The van der Waals surface area contributed by atoms with E-state index in [1.165, 1.54) is 23.6 Å². The van der Waals surface area contributed by atoms with Crippen molar-refractivity contribution in [3.8, 4) is 5.75 Å². The van der Waals surface area contributed by atoms with Gasteiger partial charge in [-0.3, -0.25) is 0 Å². The van der Waals surface area contributed by atoms with E-state index in [1.807, 2.05) is 12.1 Å². The maximum absolute atomic E-state index is 13.1. The third-order valence-electron chi connectivity index (χ3n) is 9.10. The van der Waals surface area contributed by atoms with Crippen LogP contribution in [-0.2, 0) is 26.6 Å². The SMILES string of the molecule is C[C@@H]1/C=C/CCOC(=O)NS(=O)(=O)c2ccc3c(c2)N(C[C@@H]2CC[C@H]21)C[C@@]1(CCCc2cc(Cl)ccc21)CO3. The van der Waals surface area contributed by atoms with E-state index in [9.17, 15) is 13.2 Å². The molecule has 9 heteroatoms. The average Bonchev–Trinajstić information content (AvgIpc) is 3.02. The van der Waals surface area contributed by atoms with E-state index in [-0.39, 0.29) is 16.9 Å². The molecule has 1 fully saturated rings. The molecule has 4 atom stereocenters. The Labute approximate surface area is 235 Å². The first-order chi connectivity index (χ1) is 18.7. The minimum Gasteiger partial charge on any atom is -0.490 e. The molecule has 1 amide bonds. The first-order valence-electron chi connectivity index (χ1n) is 13.9. The van der Waals surface area contributed by atoms with Gasteiger partial charge in [0.15, 0.2) is 0 Å². The summed E-state index contributed by atoms with van der Waals surface area (Å²) < 4.78 is 40.0. The van der Waals surface area contributed by atoms with E-state index in [0.717, 1.165) is 49.5 Å². The molecule has 2 aliphatic carbocycles. The van der Waals surface area contributed by atoms with Crippen LogP contribution in [0.1, 0.15) is 50.2 Å². The number of anilines is 1. The molecule has 1 spiro atoms. The van der Waals surface area contributed by atoms with Crippen LogP contribution in [0, 0.1) is 17.8 Å². The molecule has 1 N–H and O–H groups in total. The molecule has 2 aromatic carbocycles. The van der Waals surface area contributed by atoms with E-state index < -0.39 is 16.1 Å². The number of cyclic esters (lactones) is 1. The molecule has 7 nitrogen and oxygen atoms in total. The van der Waals surface area contributed by atoms with Crippen LogP contribution in [0.3, 0.4) is 0 Å². The normalized spacial score (nSPS) is 30.9. The Morgan fingerprint density at radius 1 is 1.13 bits per heavy atom. The summed E-state index contributed by atoms with van der Waals surface area (Å²) in [4.78, 5) is 14.6. The van der Waals surface area contributed by atoms with Gasteiger partial charge in [-0.25, -0.2) is 17.9 Å². The van der Waals surface area contributed by atoms with Crippen molar-refractivity contribution in [3.63, 3.8) is 0 Å². The molecule has 0 saturated heterocycles. The fourth-order valence-electron chi connectivity index (χ4n) is 6.93. The number of carbonyl (C=O) groups excluding carboxylic acids is 1. The zero-order chi connectivity index (χ0) is 27.2. The molecular formula is C30H35ClN2O5S. The summed E-state index contributed by atoms with van der Waals surface area (Å²) in [6.07, 6.45) is 9.15. The summed E-state index contributed by atoms with van der Waals surface area (Å²) in [5.41, 5.74) is 3.06. The summed E-state index contributed by atoms with van der Waals surface area (Å²) in [6, 6.07) is 11.1. The topological polar surface area (TPSA) is 84.9 Å². The van der Waals surface area contributed by atoms with Gasteiger partial charge < -0.3 is 14.4 Å². The minimum absolute atomic E-state index is 0.0177. The average molecular weight is 571 g/mol. The number of carbonyl (C=O) groups is 1. The van der Waals surface area contributed by atoms with Crippen LogP contribution in [0.5, 0.6) is 5.75 Å². The van der Waals surface area contributed by atoms with Crippen molar-refractivity contribution in [3.05, 3.63) is 64.7 Å². The lowest BCUT2D eigenvalue weighted by atomic mass is 9.66. The summed E-state index contributed by atoms with van der Waals surface area (Å²) in [5, 5.41) is 0.744. The third-order valence-corrected chi connectivity index (χ3v) is 10.6. The van der Waals surface area contributed by atoms with Crippen LogP contribution < -0.4 is 14.4 Å². The standard InChI is InChI=1S/C30H35ClN2O5S/c1-20-5-2-3-14-37-29(34)32-39(35,36)24-9-12-28-27(16-24)33(17-22-7-10-25(20)22)18-30(19-38-28)13-4-6-21-15-23(31)8-11-26(21)30/h2,5,8-9,11-12,15-16,20,22,25H,3-4,6-7,10,13-14,17-19H2,1H3,(H,32,34)/b5-2+/t20-,22+,25+,30+/m1/s1. The van der Waals surface area contributed by atoms with Gasteiger partial charge in [0.25, 0.3) is 10.0 Å². The second-order valence-electron chi connectivity index (χ2n) is 11.6. The van der Waals surface area contributed by atoms with Crippen molar-refractivity contribution in [1.29, 1.82) is 0 Å². The highest BCUT2D eigenvalue weighted by molar-refractivity contribution is 7.90. The van der Waals surface area contributed by atoms with Gasteiger partial charge in [-0.15, -0.1) is 0 Å². The predicted molar refractivity (Wildman–Crippen MR) is 151 cm³/mol. The minimum atomic E-state index is -4.12. The van der Waals surface area contributed by atoms with Gasteiger partial charge in [-0.2, -0.15) is 0 Å². The molecule has 39 heavy (non-hydrogen) atoms. The largest absolute Gasteiger partial charge is 0.490 e. The lowest BCUT2D eigenvalue weighted by Gasteiger charge is -2.46. The highest BCUT2D eigenvalue weighted by Gasteiger charge is 2.44. The fraction of sp³-hybridized carbons (Fsp3) is 0.500. The Bertz CT molecular complexity index is 1410. The summed E-state index contributed by atoms with van der Waals surface area (Å²) in [7, 11) is -4.12. The summed E-state index contributed by atoms with van der Waals surface area (Å²) >= 11 is 6.37. The Morgan fingerprint density at radius 2 is 2.00 bits per heavy atom. The molecule has 4 aliphatic rings. The first-order valence-corrected chi connectivity index (χ1v) is 15.8. The van der Waals surface area contributed by atoms with E-state index >= 15 is 0 Å². The number of nitrogens with zero attached hydrogens (tertiary/aromatic N) is 1. The van der Waals surface area contributed by atoms with Gasteiger partial charge in [0.05, 0.1) is 23.8 Å². The maximum Gasteiger partial charge on any atom is 0.421 e. The fourth-order valence-corrected chi connectivity index (χ4v) is 8.03. The molecule has 6 rings (SSSR count). The number of ether oxygens (including phenoxy) is 2. The number of amides is 1. The monoisotopic (exact) mass is 570 g/mol. The number of nitrogens with one attached hydrogen (secondary N) is 1. The molecule has 2 bridgehead atoms. The highest BCUT2D eigenvalue weighted by Crippen LogP contribution is 2.47. The first kappa shape index (κ1) is 26.5. The van der Waals surface area contributed by atoms with Gasteiger partial charge in [0.2, 0.25) is 0 Å². The van der Waals surface area contributed by atoms with Gasteiger partial charge in [-0.1, -0.05) is 36.7 Å². The number of sulfonamides is 1. The van der Waals surface area contributed by atoms with E-state index in [4.69, 9.17) is 21.1 Å². The smallest absolute Gasteiger partial charge is 0.421 e. The second-order valence-corrected chi connectivity index (χ2v) is 13.7. The van der Waals surface area contributed by atoms with Crippen LogP contribution in [-0.4, -0.2) is 40.8 Å². The number of hydrogen-bond acceptors (Lipinski definition) is 6. The highest BCUT2D eigenvalue weighted by atomic mass is 35.5. The van der Waals surface area contributed by atoms with Crippen LogP contribution in [0.2, 0.25) is 5.02 Å². The van der Waals surface area contributed by atoms with Crippen LogP contribution in [0.15, 0.2) is 53.4 Å². The van der Waals surface area contributed by atoms with Crippen LogP contribution >= 0.6 is 11.6 Å². The number of fused-ring (bicyclic) bond motifs is 4. The zero-order valence-corrected chi connectivity index (χ0v) is 23.8. The van der Waals surface area contributed by atoms with Crippen molar-refractivity contribution in [2.24, 2.45) is 17.8 Å². The molecule has 0 radical (unpaired) electrons. The van der Waals surface area contributed by atoms with Crippen molar-refractivity contribution in [2.75, 3.05) is 31.2 Å². The van der Waals surface area contributed by atoms with Crippen LogP contribution in [0.25, 0.3) is 0 Å². The predicted octanol–water partition coefficient (Wildman–Crippen LogP) is 5.85. The molecule has 0 aromatic heterocycles. The second kappa shape index (κ2) is 10.4. The van der Waals surface area contributed by atoms with Gasteiger partial charge in [0, 0.05) is 23.5 Å². The molecule has 208 valence electrons. The Morgan fingerprint density at radius 3 is 2.82 bits per heavy atom. The van der Waals surface area contributed by atoms with Crippen LogP contribution in [0.4, 0.5) is 10.5 Å². The molecule has 2 aromatic rings. The number of allylic oxidation sites excluding steroid dienone is 1. The number of halogens is 1. The van der Waals surface area contributed by atoms with Gasteiger partial charge in [0.1, 0.15) is 5.75 Å². The lowest BCUT2D eigenvalue weighted by Crippen LogP contribution is -2.49. The van der Waals surface area contributed by atoms with Gasteiger partial charge in [-0.05, 0) is 97.7 Å². The Hall–Kier alpha value is -2.71. The molecule has 0 unspecified atom stereocenters. The van der Waals surface area contributed by atoms with E-state index in [0.29, 0.717) is 36.5 Å². The number of rotatable bonds is 0. The lowest BCUT2D eigenvalue weighted by molar-refractivity contribution is 0.136. The Balaban J connectivity index is 1.43. The van der Waals surface area contributed by atoms with Crippen molar-refractivity contribution >= 4 is 33.4 Å². The van der Waals surface area contributed by atoms with Crippen molar-refractivity contribution in [2.45, 2.75) is 55.8 Å². The Kier molecular flexibility index (Phi) is 7.04. The van der Waals surface area contributed by atoms with Gasteiger partial charge >= 0.3 is 6.09 Å². The molecule has 2 aliphatic heterocycles. The van der Waals surface area contributed by atoms with E-state index in [1.54, 1.807) is 12.1 Å². The van der Waals surface area contributed by atoms with Crippen molar-refractivity contribution in [1.82, 2.24) is 4.72 Å². The number of hydrogen-bond donors (Lipinski definition) is 1. The van der Waals surface area contributed by atoms with E-state index in [2.05, 4.69) is 34.8 Å². The quantitative estimate of drug-likeness (QED) is 0.400. The molecule has 2 heterocycles. The summed E-state index contributed by atoms with van der Waals surface area (Å²) in [5.74, 6) is 2.11. The molecular weight excluding hydrogens is 536 g/mol. The van der Waals surface area contributed by atoms with Crippen molar-refractivity contribution < 1.29 is 22.7 Å². The zero-order valence-electron chi connectivity index (χ0n) is 22.2. The number of benzene rings is 2. The third kappa shape index (κ3) is 5.13. The molecule has 1 saturated carbocycles. The summed E-state index contributed by atoms with van der Waals surface area (Å²) in [6.45, 7) is 4.44. The maximum atomic E-state index is 13.1.